The number of carbonyl (C=O) groups is 1. The normalized spacial score (nSPS) is 9.94. The fourth-order valence-electron chi connectivity index (χ4n) is 1.35. The summed E-state index contributed by atoms with van der Waals surface area (Å²) in [6.07, 6.45) is 3.66. The van der Waals surface area contributed by atoms with Crippen LogP contribution in [0.5, 0.6) is 0 Å². The Bertz CT molecular complexity index is 355. The Balaban J connectivity index is 2.63. The number of carbonyl (C=O) groups excluding carboxylic acids is 1. The minimum absolute atomic E-state index is 0.0565. The second-order valence-electron chi connectivity index (χ2n) is 3.59. The molecule has 0 aliphatic rings. The molecule has 16 heavy (non-hydrogen) atoms. The maximum Gasteiger partial charge on any atom is 0.230 e. The van der Waals surface area contributed by atoms with E-state index in [2.05, 4.69) is 10.3 Å². The first-order valence-electron chi connectivity index (χ1n) is 5.02. The average Bonchev–Trinajstić information content (AvgIpc) is 2.27. The van der Waals surface area contributed by atoms with Crippen molar-refractivity contribution in [3.63, 3.8) is 0 Å². The summed E-state index contributed by atoms with van der Waals surface area (Å²) in [5, 5.41) is 2.87. The predicted octanol–water partition coefficient (Wildman–Crippen LogP) is 1.13. The van der Waals surface area contributed by atoms with E-state index in [0.717, 1.165) is 11.4 Å². The van der Waals surface area contributed by atoms with Crippen molar-refractivity contribution in [1.82, 2.24) is 10.3 Å². The van der Waals surface area contributed by atoms with Crippen molar-refractivity contribution in [3.8, 4) is 0 Å². The summed E-state index contributed by atoms with van der Waals surface area (Å²) in [4.78, 5) is 17.5. The largest absolute Gasteiger partial charge is 0.362 e. The lowest BCUT2D eigenvalue weighted by Crippen LogP contribution is -2.26. The van der Waals surface area contributed by atoms with E-state index in [-0.39, 0.29) is 5.91 Å². The van der Waals surface area contributed by atoms with E-state index in [0.29, 0.717) is 12.3 Å². The van der Waals surface area contributed by atoms with Crippen LogP contribution in [0.1, 0.15) is 5.56 Å². The zero-order valence-corrected chi connectivity index (χ0v) is 10.7. The van der Waals surface area contributed by atoms with Crippen LogP contribution in [0.25, 0.3) is 0 Å². The maximum atomic E-state index is 11.3. The average molecular weight is 239 g/mol. The molecule has 0 spiro atoms. The van der Waals surface area contributed by atoms with Crippen molar-refractivity contribution in [2.45, 2.75) is 6.54 Å². The summed E-state index contributed by atoms with van der Waals surface area (Å²) in [5.74, 6) is 1.45. The summed E-state index contributed by atoms with van der Waals surface area (Å²) >= 11 is 1.52. The number of anilines is 1. The molecular formula is C11H17N3OS. The molecule has 0 radical (unpaired) electrons. The molecule has 88 valence electrons. The third-order valence-corrected chi connectivity index (χ3v) is 2.59. The Morgan fingerprint density at radius 1 is 1.56 bits per heavy atom. The fourth-order valence-corrected chi connectivity index (χ4v) is 1.71. The summed E-state index contributed by atoms with van der Waals surface area (Å²) < 4.78 is 0. The van der Waals surface area contributed by atoms with Crippen LogP contribution in [-0.4, -0.2) is 37.0 Å². The Hall–Kier alpha value is -1.23. The Morgan fingerprint density at radius 2 is 2.31 bits per heavy atom. The lowest BCUT2D eigenvalue weighted by Gasteiger charge is -2.15. The molecule has 0 saturated carbocycles. The van der Waals surface area contributed by atoms with Gasteiger partial charge < -0.3 is 10.2 Å². The van der Waals surface area contributed by atoms with E-state index in [1.165, 1.54) is 11.8 Å². The van der Waals surface area contributed by atoms with Crippen LogP contribution < -0.4 is 10.2 Å². The van der Waals surface area contributed by atoms with Crippen LogP contribution in [0.15, 0.2) is 18.3 Å². The molecule has 0 aliphatic heterocycles. The number of nitrogens with one attached hydrogen (secondary N) is 1. The molecule has 0 unspecified atom stereocenters. The molecule has 1 heterocycles. The highest BCUT2D eigenvalue weighted by molar-refractivity contribution is 7.99. The summed E-state index contributed by atoms with van der Waals surface area (Å²) in [6.45, 7) is 0.529. The topological polar surface area (TPSA) is 45.2 Å². The van der Waals surface area contributed by atoms with Crippen molar-refractivity contribution in [2.75, 3.05) is 31.0 Å². The number of amides is 1. The van der Waals surface area contributed by atoms with Crippen molar-refractivity contribution < 1.29 is 4.79 Å². The van der Waals surface area contributed by atoms with E-state index in [9.17, 15) is 4.79 Å². The van der Waals surface area contributed by atoms with Gasteiger partial charge in [0.25, 0.3) is 0 Å². The highest BCUT2D eigenvalue weighted by Crippen LogP contribution is 2.13. The molecule has 4 nitrogen and oxygen atoms in total. The van der Waals surface area contributed by atoms with Gasteiger partial charge in [0, 0.05) is 32.4 Å². The maximum absolute atomic E-state index is 11.3. The van der Waals surface area contributed by atoms with Crippen LogP contribution in [0.2, 0.25) is 0 Å². The van der Waals surface area contributed by atoms with Gasteiger partial charge in [-0.1, -0.05) is 6.07 Å². The molecule has 5 heteroatoms. The van der Waals surface area contributed by atoms with Gasteiger partial charge in [0.05, 0.1) is 5.75 Å². The van der Waals surface area contributed by atoms with E-state index in [4.69, 9.17) is 0 Å². The zero-order chi connectivity index (χ0) is 12.0. The monoisotopic (exact) mass is 239 g/mol. The molecule has 1 amide bonds. The molecule has 0 saturated heterocycles. The van der Waals surface area contributed by atoms with Crippen molar-refractivity contribution in [2.24, 2.45) is 0 Å². The Morgan fingerprint density at radius 3 is 2.94 bits per heavy atom. The highest BCUT2D eigenvalue weighted by atomic mass is 32.2. The van der Waals surface area contributed by atoms with E-state index < -0.39 is 0 Å². The van der Waals surface area contributed by atoms with E-state index in [1.807, 2.05) is 37.4 Å². The van der Waals surface area contributed by atoms with Gasteiger partial charge in [0.2, 0.25) is 5.91 Å². The fraction of sp³-hybridized carbons (Fsp3) is 0.455. The third-order valence-electron chi connectivity index (χ3n) is 2.04. The second-order valence-corrected chi connectivity index (χ2v) is 4.46. The van der Waals surface area contributed by atoms with E-state index in [1.54, 1.807) is 6.20 Å². The van der Waals surface area contributed by atoms with Gasteiger partial charge in [-0.05, 0) is 12.3 Å². The highest BCUT2D eigenvalue weighted by Gasteiger charge is 2.06. The van der Waals surface area contributed by atoms with Crippen molar-refractivity contribution >= 4 is 23.5 Å². The number of rotatable bonds is 5. The van der Waals surface area contributed by atoms with Crippen molar-refractivity contribution in [3.05, 3.63) is 23.9 Å². The number of aromatic nitrogens is 1. The first-order chi connectivity index (χ1) is 7.65. The molecule has 0 aromatic carbocycles. The summed E-state index contributed by atoms with van der Waals surface area (Å²) in [7, 11) is 3.88. The Kier molecular flexibility index (Phi) is 5.11. The quantitative estimate of drug-likeness (QED) is 0.836. The molecule has 0 atom stereocenters. The molecule has 0 aliphatic carbocycles. The first-order valence-corrected chi connectivity index (χ1v) is 6.41. The smallest absolute Gasteiger partial charge is 0.230 e. The van der Waals surface area contributed by atoms with Crippen LogP contribution in [-0.2, 0) is 11.3 Å². The first kappa shape index (κ1) is 12.8. The standard InChI is InChI=1S/C11H17N3OS/c1-14(2)11-9(5-4-6-12-11)7-13-10(15)8-16-3/h4-6H,7-8H2,1-3H3,(H,13,15). The van der Waals surface area contributed by atoms with Gasteiger partial charge in [-0.2, -0.15) is 11.8 Å². The molecule has 1 rings (SSSR count). The number of thioether (sulfide) groups is 1. The minimum Gasteiger partial charge on any atom is -0.362 e. The van der Waals surface area contributed by atoms with Gasteiger partial charge in [-0.25, -0.2) is 4.98 Å². The van der Waals surface area contributed by atoms with Gasteiger partial charge in [0.1, 0.15) is 5.82 Å². The van der Waals surface area contributed by atoms with Gasteiger partial charge in [0.15, 0.2) is 0 Å². The number of nitrogens with zero attached hydrogens (tertiary/aromatic N) is 2. The van der Waals surface area contributed by atoms with Crippen LogP contribution in [0.4, 0.5) is 5.82 Å². The lowest BCUT2D eigenvalue weighted by atomic mass is 10.2. The van der Waals surface area contributed by atoms with Crippen LogP contribution in [0.3, 0.4) is 0 Å². The molecule has 0 bridgehead atoms. The van der Waals surface area contributed by atoms with Crippen LogP contribution in [0, 0.1) is 0 Å². The minimum atomic E-state index is 0.0565. The van der Waals surface area contributed by atoms with Gasteiger partial charge >= 0.3 is 0 Å². The van der Waals surface area contributed by atoms with Crippen molar-refractivity contribution in [1.29, 1.82) is 0 Å². The molecule has 1 aromatic rings. The molecular weight excluding hydrogens is 222 g/mol. The van der Waals surface area contributed by atoms with E-state index >= 15 is 0 Å². The zero-order valence-electron chi connectivity index (χ0n) is 9.86. The lowest BCUT2D eigenvalue weighted by molar-refractivity contribution is -0.118. The molecule has 1 N–H and O–H groups in total. The number of hydrogen-bond donors (Lipinski definition) is 1. The summed E-state index contributed by atoms with van der Waals surface area (Å²) in [5.41, 5.74) is 1.03. The predicted molar refractivity (Wildman–Crippen MR) is 68.8 cm³/mol. The SMILES string of the molecule is CSCC(=O)NCc1cccnc1N(C)C. The van der Waals surface area contributed by atoms with Gasteiger partial charge in [-0.3, -0.25) is 4.79 Å². The van der Waals surface area contributed by atoms with Crippen LogP contribution >= 0.6 is 11.8 Å². The number of pyridine rings is 1. The number of hydrogen-bond acceptors (Lipinski definition) is 4. The Labute approximate surface area is 100 Å². The van der Waals surface area contributed by atoms with Gasteiger partial charge in [-0.15, -0.1) is 0 Å². The third kappa shape index (κ3) is 3.73. The molecule has 1 aromatic heterocycles. The second kappa shape index (κ2) is 6.37. The molecule has 0 fully saturated rings. The summed E-state index contributed by atoms with van der Waals surface area (Å²) in [6, 6.07) is 3.85.